The molecule has 1 atom stereocenters. The highest BCUT2D eigenvalue weighted by Gasteiger charge is 2.05. The number of aromatic nitrogens is 1. The van der Waals surface area contributed by atoms with Crippen molar-refractivity contribution < 1.29 is 0 Å². The molecule has 94 valence electrons. The molecule has 0 radical (unpaired) electrons. The summed E-state index contributed by atoms with van der Waals surface area (Å²) in [4.78, 5) is 4.02. The van der Waals surface area contributed by atoms with E-state index in [4.69, 9.17) is 5.73 Å². The highest BCUT2D eigenvalue weighted by atomic mass is 14.6. The number of rotatable bonds is 5. The molecule has 0 amide bonds. The Morgan fingerprint density at radius 3 is 2.56 bits per heavy atom. The number of aryl methyl sites for hydroxylation is 2. The molecular weight excluding hydrogens is 220 g/mol. The van der Waals surface area contributed by atoms with Crippen molar-refractivity contribution in [3.63, 3.8) is 0 Å². The van der Waals surface area contributed by atoms with Gasteiger partial charge in [-0.1, -0.05) is 24.3 Å². The SMILES string of the molecule is Cc1ccccc1CCC(N)Cc1ccncc1. The molecule has 1 unspecified atom stereocenters. The summed E-state index contributed by atoms with van der Waals surface area (Å²) in [6.07, 6.45) is 6.65. The maximum absolute atomic E-state index is 6.18. The first kappa shape index (κ1) is 12.8. The molecule has 0 aliphatic carbocycles. The van der Waals surface area contributed by atoms with Gasteiger partial charge in [-0.3, -0.25) is 4.98 Å². The summed E-state index contributed by atoms with van der Waals surface area (Å²) in [5.74, 6) is 0. The van der Waals surface area contributed by atoms with E-state index in [2.05, 4.69) is 36.2 Å². The average Bonchev–Trinajstić information content (AvgIpc) is 2.39. The maximum Gasteiger partial charge on any atom is 0.0270 e. The van der Waals surface area contributed by atoms with Crippen LogP contribution in [0, 0.1) is 6.92 Å². The van der Waals surface area contributed by atoms with Crippen LogP contribution >= 0.6 is 0 Å². The molecule has 0 fully saturated rings. The van der Waals surface area contributed by atoms with Crippen molar-refractivity contribution in [2.24, 2.45) is 5.73 Å². The first-order valence-electron chi connectivity index (χ1n) is 6.44. The Morgan fingerprint density at radius 1 is 1.11 bits per heavy atom. The topological polar surface area (TPSA) is 38.9 Å². The Morgan fingerprint density at radius 2 is 1.83 bits per heavy atom. The van der Waals surface area contributed by atoms with Gasteiger partial charge in [0.2, 0.25) is 0 Å². The molecule has 0 bridgehead atoms. The average molecular weight is 240 g/mol. The number of nitrogens with two attached hydrogens (primary N) is 1. The van der Waals surface area contributed by atoms with Gasteiger partial charge in [-0.25, -0.2) is 0 Å². The number of hydrogen-bond donors (Lipinski definition) is 1. The van der Waals surface area contributed by atoms with E-state index in [-0.39, 0.29) is 6.04 Å². The van der Waals surface area contributed by atoms with Crippen LogP contribution in [0.15, 0.2) is 48.8 Å². The molecule has 18 heavy (non-hydrogen) atoms. The van der Waals surface area contributed by atoms with Gasteiger partial charge in [-0.05, 0) is 55.0 Å². The van der Waals surface area contributed by atoms with Crippen LogP contribution in [0.5, 0.6) is 0 Å². The third-order valence-corrected chi connectivity index (χ3v) is 3.29. The van der Waals surface area contributed by atoms with Gasteiger partial charge in [0.05, 0.1) is 0 Å². The van der Waals surface area contributed by atoms with E-state index >= 15 is 0 Å². The Hall–Kier alpha value is -1.67. The fourth-order valence-corrected chi connectivity index (χ4v) is 2.16. The molecular formula is C16H20N2. The second-order valence-electron chi connectivity index (χ2n) is 4.78. The van der Waals surface area contributed by atoms with Crippen molar-refractivity contribution in [2.75, 3.05) is 0 Å². The molecule has 2 N–H and O–H groups in total. The van der Waals surface area contributed by atoms with Gasteiger partial charge < -0.3 is 5.73 Å². The molecule has 0 aliphatic heterocycles. The van der Waals surface area contributed by atoms with E-state index in [0.717, 1.165) is 19.3 Å². The van der Waals surface area contributed by atoms with E-state index in [1.807, 2.05) is 24.5 Å². The van der Waals surface area contributed by atoms with Crippen molar-refractivity contribution >= 4 is 0 Å². The molecule has 0 spiro atoms. The van der Waals surface area contributed by atoms with E-state index < -0.39 is 0 Å². The van der Waals surface area contributed by atoms with Crippen LogP contribution in [0.1, 0.15) is 23.1 Å². The third-order valence-electron chi connectivity index (χ3n) is 3.29. The molecule has 2 rings (SSSR count). The lowest BCUT2D eigenvalue weighted by Gasteiger charge is -2.12. The lowest BCUT2D eigenvalue weighted by molar-refractivity contribution is 0.609. The highest BCUT2D eigenvalue weighted by Crippen LogP contribution is 2.12. The third kappa shape index (κ3) is 3.67. The van der Waals surface area contributed by atoms with Gasteiger partial charge in [-0.15, -0.1) is 0 Å². The lowest BCUT2D eigenvalue weighted by atomic mass is 9.98. The molecule has 1 aromatic carbocycles. The largest absolute Gasteiger partial charge is 0.327 e. The minimum atomic E-state index is 0.215. The van der Waals surface area contributed by atoms with E-state index in [1.165, 1.54) is 16.7 Å². The Kier molecular flexibility index (Phi) is 4.48. The predicted molar refractivity (Wildman–Crippen MR) is 75.4 cm³/mol. The zero-order valence-corrected chi connectivity index (χ0v) is 10.8. The van der Waals surface area contributed by atoms with Gasteiger partial charge in [0, 0.05) is 18.4 Å². The zero-order chi connectivity index (χ0) is 12.8. The molecule has 1 aromatic heterocycles. The van der Waals surface area contributed by atoms with Gasteiger partial charge in [0.1, 0.15) is 0 Å². The van der Waals surface area contributed by atoms with Gasteiger partial charge in [0.15, 0.2) is 0 Å². The normalized spacial score (nSPS) is 12.3. The first-order chi connectivity index (χ1) is 8.75. The van der Waals surface area contributed by atoms with Gasteiger partial charge in [0.25, 0.3) is 0 Å². The lowest BCUT2D eigenvalue weighted by Crippen LogP contribution is -2.23. The fourth-order valence-electron chi connectivity index (χ4n) is 2.16. The summed E-state index contributed by atoms with van der Waals surface area (Å²) >= 11 is 0. The zero-order valence-electron chi connectivity index (χ0n) is 10.8. The monoisotopic (exact) mass is 240 g/mol. The summed E-state index contributed by atoms with van der Waals surface area (Å²) in [5, 5.41) is 0. The van der Waals surface area contributed by atoms with Gasteiger partial charge >= 0.3 is 0 Å². The van der Waals surface area contributed by atoms with Crippen LogP contribution in [0.2, 0.25) is 0 Å². The molecule has 0 saturated carbocycles. The summed E-state index contributed by atoms with van der Waals surface area (Å²) in [7, 11) is 0. The molecule has 0 saturated heterocycles. The van der Waals surface area contributed by atoms with Crippen molar-refractivity contribution in [1.29, 1.82) is 0 Å². The summed E-state index contributed by atoms with van der Waals surface area (Å²) in [5.41, 5.74) is 10.2. The molecule has 1 heterocycles. The van der Waals surface area contributed by atoms with Gasteiger partial charge in [-0.2, -0.15) is 0 Å². The van der Waals surface area contributed by atoms with Crippen LogP contribution in [0.4, 0.5) is 0 Å². The first-order valence-corrected chi connectivity index (χ1v) is 6.44. The molecule has 2 nitrogen and oxygen atoms in total. The number of pyridine rings is 1. The minimum absolute atomic E-state index is 0.215. The summed E-state index contributed by atoms with van der Waals surface area (Å²) in [6.45, 7) is 2.16. The van der Waals surface area contributed by atoms with Crippen LogP contribution in [-0.4, -0.2) is 11.0 Å². The Bertz CT molecular complexity index is 479. The van der Waals surface area contributed by atoms with Crippen molar-refractivity contribution in [3.8, 4) is 0 Å². The number of nitrogens with zero attached hydrogens (tertiary/aromatic N) is 1. The fraction of sp³-hybridized carbons (Fsp3) is 0.312. The molecule has 2 aromatic rings. The smallest absolute Gasteiger partial charge is 0.0270 e. The predicted octanol–water partition coefficient (Wildman–Crippen LogP) is 2.89. The number of benzene rings is 1. The van der Waals surface area contributed by atoms with Crippen LogP contribution < -0.4 is 5.73 Å². The second kappa shape index (κ2) is 6.31. The summed E-state index contributed by atoms with van der Waals surface area (Å²) < 4.78 is 0. The Balaban J connectivity index is 1.86. The summed E-state index contributed by atoms with van der Waals surface area (Å²) in [6, 6.07) is 12.8. The Labute approximate surface area is 109 Å². The molecule has 2 heteroatoms. The van der Waals surface area contributed by atoms with Crippen molar-refractivity contribution in [2.45, 2.75) is 32.2 Å². The van der Waals surface area contributed by atoms with Crippen molar-refractivity contribution in [1.82, 2.24) is 4.98 Å². The quantitative estimate of drug-likeness (QED) is 0.872. The number of hydrogen-bond acceptors (Lipinski definition) is 2. The highest BCUT2D eigenvalue weighted by molar-refractivity contribution is 5.25. The minimum Gasteiger partial charge on any atom is -0.327 e. The standard InChI is InChI=1S/C16H20N2/c1-13-4-2-3-5-15(13)6-7-16(17)12-14-8-10-18-11-9-14/h2-5,8-11,16H,6-7,12,17H2,1H3. The van der Waals surface area contributed by atoms with E-state index in [0.29, 0.717) is 0 Å². The maximum atomic E-state index is 6.18. The van der Waals surface area contributed by atoms with E-state index in [9.17, 15) is 0 Å². The van der Waals surface area contributed by atoms with Crippen LogP contribution in [0.25, 0.3) is 0 Å². The van der Waals surface area contributed by atoms with Crippen LogP contribution in [-0.2, 0) is 12.8 Å². The molecule has 0 aliphatic rings. The second-order valence-corrected chi connectivity index (χ2v) is 4.78. The van der Waals surface area contributed by atoms with Crippen LogP contribution in [0.3, 0.4) is 0 Å². The van der Waals surface area contributed by atoms with E-state index in [1.54, 1.807) is 0 Å². The van der Waals surface area contributed by atoms with Crippen molar-refractivity contribution in [3.05, 3.63) is 65.5 Å².